The zero-order valence-electron chi connectivity index (χ0n) is 8.72. The number of unbranched alkanes of at least 4 members (excludes halogenated alkanes) is 1. The molecule has 4 heteroatoms. The summed E-state index contributed by atoms with van der Waals surface area (Å²) in [6, 6.07) is 0. The molecular formula is C9H20N2OS. The van der Waals surface area contributed by atoms with Crippen LogP contribution in [0, 0.1) is 0 Å². The maximum atomic E-state index is 5.40. The third kappa shape index (κ3) is 9.56. The van der Waals surface area contributed by atoms with E-state index in [4.69, 9.17) is 17.0 Å². The van der Waals surface area contributed by atoms with Crippen LogP contribution < -0.4 is 10.6 Å². The second-order valence-corrected chi connectivity index (χ2v) is 3.54. The molecule has 0 amide bonds. The van der Waals surface area contributed by atoms with Gasteiger partial charge in [-0.15, -0.1) is 0 Å². The van der Waals surface area contributed by atoms with Gasteiger partial charge >= 0.3 is 0 Å². The van der Waals surface area contributed by atoms with E-state index < -0.39 is 0 Å². The minimum Gasteiger partial charge on any atom is -0.379 e. The zero-order valence-corrected chi connectivity index (χ0v) is 9.54. The minimum absolute atomic E-state index is 0.339. The third-order valence-electron chi connectivity index (χ3n) is 1.53. The molecule has 0 aliphatic rings. The van der Waals surface area contributed by atoms with Gasteiger partial charge in [0.25, 0.3) is 0 Å². The number of nitrogens with one attached hydrogen (secondary N) is 2. The lowest BCUT2D eigenvalue weighted by Crippen LogP contribution is -2.33. The number of hydrogen-bond acceptors (Lipinski definition) is 2. The Morgan fingerprint density at radius 3 is 2.62 bits per heavy atom. The van der Waals surface area contributed by atoms with Gasteiger partial charge in [-0.3, -0.25) is 0 Å². The molecule has 0 aromatic heterocycles. The molecule has 0 bridgehead atoms. The van der Waals surface area contributed by atoms with E-state index in [1.54, 1.807) is 0 Å². The average Bonchev–Trinajstić information content (AvgIpc) is 2.10. The van der Waals surface area contributed by atoms with Crippen molar-refractivity contribution in [2.45, 2.75) is 32.8 Å². The summed E-state index contributed by atoms with van der Waals surface area (Å²) >= 11 is 4.92. The summed E-state index contributed by atoms with van der Waals surface area (Å²) in [7, 11) is 1.82. The van der Waals surface area contributed by atoms with Gasteiger partial charge in [-0.1, -0.05) is 0 Å². The lowest BCUT2D eigenvalue weighted by Gasteiger charge is -2.08. The Morgan fingerprint density at radius 2 is 2.08 bits per heavy atom. The Balaban J connectivity index is 3.04. The molecule has 0 aliphatic carbocycles. The zero-order chi connectivity index (χ0) is 10.1. The van der Waals surface area contributed by atoms with Crippen molar-refractivity contribution >= 4 is 17.3 Å². The summed E-state index contributed by atoms with van der Waals surface area (Å²) in [5, 5.41) is 6.66. The summed E-state index contributed by atoms with van der Waals surface area (Å²) in [5.41, 5.74) is 0. The molecule has 0 saturated heterocycles. The van der Waals surface area contributed by atoms with Crippen molar-refractivity contribution in [3.63, 3.8) is 0 Å². The van der Waals surface area contributed by atoms with Crippen LogP contribution in [0.25, 0.3) is 0 Å². The van der Waals surface area contributed by atoms with E-state index in [1.807, 2.05) is 20.9 Å². The first kappa shape index (κ1) is 12.7. The summed E-state index contributed by atoms with van der Waals surface area (Å²) < 4.78 is 5.40. The van der Waals surface area contributed by atoms with Crippen molar-refractivity contribution in [1.29, 1.82) is 0 Å². The molecule has 0 saturated carbocycles. The fourth-order valence-corrected chi connectivity index (χ4v) is 0.938. The van der Waals surface area contributed by atoms with Gasteiger partial charge in [0, 0.05) is 20.2 Å². The Bertz CT molecular complexity index is 140. The first-order chi connectivity index (χ1) is 6.16. The summed E-state index contributed by atoms with van der Waals surface area (Å²) in [6.45, 7) is 5.86. The van der Waals surface area contributed by atoms with Crippen molar-refractivity contribution in [1.82, 2.24) is 10.6 Å². The third-order valence-corrected chi connectivity index (χ3v) is 1.88. The van der Waals surface area contributed by atoms with Gasteiger partial charge in [-0.25, -0.2) is 0 Å². The molecule has 2 N–H and O–H groups in total. The standard InChI is InChI=1S/C9H20N2OS/c1-8(2)12-7-5-4-6-11-9(13)10-3/h8H,4-7H2,1-3H3,(H2,10,11,13). The van der Waals surface area contributed by atoms with Crippen molar-refractivity contribution in [2.75, 3.05) is 20.2 Å². The van der Waals surface area contributed by atoms with Gasteiger partial charge in [-0.05, 0) is 38.9 Å². The fourth-order valence-electron chi connectivity index (χ4n) is 0.836. The van der Waals surface area contributed by atoms with Crippen molar-refractivity contribution in [3.8, 4) is 0 Å². The van der Waals surface area contributed by atoms with Crippen LogP contribution in [0.3, 0.4) is 0 Å². The highest BCUT2D eigenvalue weighted by atomic mass is 32.1. The van der Waals surface area contributed by atoms with Crippen LogP contribution in [0.4, 0.5) is 0 Å². The van der Waals surface area contributed by atoms with Gasteiger partial charge < -0.3 is 15.4 Å². The van der Waals surface area contributed by atoms with E-state index in [0.29, 0.717) is 11.2 Å². The molecule has 13 heavy (non-hydrogen) atoms. The predicted molar refractivity (Wildman–Crippen MR) is 60.0 cm³/mol. The quantitative estimate of drug-likeness (QED) is 0.504. The number of hydrogen-bond donors (Lipinski definition) is 2. The van der Waals surface area contributed by atoms with Crippen LogP contribution >= 0.6 is 12.2 Å². The molecule has 3 nitrogen and oxygen atoms in total. The molecule has 78 valence electrons. The van der Waals surface area contributed by atoms with Crippen LogP contribution in [0.1, 0.15) is 26.7 Å². The second-order valence-electron chi connectivity index (χ2n) is 3.13. The lowest BCUT2D eigenvalue weighted by atomic mass is 10.3. The summed E-state index contributed by atoms with van der Waals surface area (Å²) in [6.07, 6.45) is 2.51. The average molecular weight is 204 g/mol. The van der Waals surface area contributed by atoms with Gasteiger partial charge in [0.1, 0.15) is 0 Å². The monoisotopic (exact) mass is 204 g/mol. The summed E-state index contributed by atoms with van der Waals surface area (Å²) in [5.74, 6) is 0. The maximum absolute atomic E-state index is 5.40. The van der Waals surface area contributed by atoms with Gasteiger partial charge in [-0.2, -0.15) is 0 Å². The molecular weight excluding hydrogens is 184 g/mol. The highest BCUT2D eigenvalue weighted by Gasteiger charge is 1.93. The van der Waals surface area contributed by atoms with Gasteiger partial charge in [0.05, 0.1) is 6.10 Å². The first-order valence-corrected chi connectivity index (χ1v) is 5.15. The van der Waals surface area contributed by atoms with E-state index in [1.165, 1.54) is 0 Å². The molecule has 0 aliphatic heterocycles. The molecule has 0 unspecified atom stereocenters. The SMILES string of the molecule is CNC(=S)NCCCCOC(C)C. The molecule has 0 spiro atoms. The van der Waals surface area contributed by atoms with E-state index in [-0.39, 0.29) is 0 Å². The normalized spacial score (nSPS) is 10.2. The van der Waals surface area contributed by atoms with E-state index in [9.17, 15) is 0 Å². The first-order valence-electron chi connectivity index (χ1n) is 4.74. The van der Waals surface area contributed by atoms with Crippen LogP contribution in [0.2, 0.25) is 0 Å². The molecule has 0 radical (unpaired) electrons. The highest BCUT2D eigenvalue weighted by Crippen LogP contribution is 1.93. The van der Waals surface area contributed by atoms with Crippen LogP contribution in [-0.2, 0) is 4.74 Å². The smallest absolute Gasteiger partial charge is 0.166 e. The van der Waals surface area contributed by atoms with Crippen LogP contribution in [0.15, 0.2) is 0 Å². The van der Waals surface area contributed by atoms with Crippen molar-refractivity contribution < 1.29 is 4.74 Å². The largest absolute Gasteiger partial charge is 0.379 e. The second kappa shape index (κ2) is 8.26. The van der Waals surface area contributed by atoms with Gasteiger partial charge in [0.2, 0.25) is 0 Å². The highest BCUT2D eigenvalue weighted by molar-refractivity contribution is 7.80. The van der Waals surface area contributed by atoms with E-state index in [0.717, 1.165) is 26.0 Å². The molecule has 0 atom stereocenters. The van der Waals surface area contributed by atoms with Crippen LogP contribution in [-0.4, -0.2) is 31.4 Å². The topological polar surface area (TPSA) is 33.3 Å². The number of rotatable bonds is 6. The fraction of sp³-hybridized carbons (Fsp3) is 0.889. The molecule has 0 fully saturated rings. The molecule has 0 aromatic carbocycles. The lowest BCUT2D eigenvalue weighted by molar-refractivity contribution is 0.0762. The molecule has 0 rings (SSSR count). The van der Waals surface area contributed by atoms with E-state index in [2.05, 4.69) is 10.6 Å². The molecule has 0 heterocycles. The number of ether oxygens (including phenoxy) is 1. The Hall–Kier alpha value is -0.350. The maximum Gasteiger partial charge on any atom is 0.166 e. The van der Waals surface area contributed by atoms with Crippen LogP contribution in [0.5, 0.6) is 0 Å². The summed E-state index contributed by atoms with van der Waals surface area (Å²) in [4.78, 5) is 0. The number of thiocarbonyl (C=S) groups is 1. The van der Waals surface area contributed by atoms with Crippen molar-refractivity contribution in [2.24, 2.45) is 0 Å². The Morgan fingerprint density at radius 1 is 1.38 bits per heavy atom. The minimum atomic E-state index is 0.339. The van der Waals surface area contributed by atoms with Gasteiger partial charge in [0.15, 0.2) is 5.11 Å². The molecule has 0 aromatic rings. The Labute approximate surface area is 86.2 Å². The van der Waals surface area contributed by atoms with E-state index >= 15 is 0 Å². The van der Waals surface area contributed by atoms with Crippen molar-refractivity contribution in [3.05, 3.63) is 0 Å². The predicted octanol–water partition coefficient (Wildman–Crippen LogP) is 1.29. The Kier molecular flexibility index (Phi) is 8.04.